The number of nitrogens with zero attached hydrogens (tertiary/aromatic N) is 6. The summed E-state index contributed by atoms with van der Waals surface area (Å²) < 4.78 is 85.8. The van der Waals surface area contributed by atoms with E-state index in [4.69, 9.17) is 0 Å². The minimum atomic E-state index is -6.00. The van der Waals surface area contributed by atoms with Crippen LogP contribution in [0.5, 0.6) is 0 Å². The largest absolute Gasteiger partial charge is 0.673 e. The summed E-state index contributed by atoms with van der Waals surface area (Å²) in [5.41, 5.74) is 1.73. The van der Waals surface area contributed by atoms with Gasteiger partial charge in [-0.05, 0) is 27.7 Å². The van der Waals surface area contributed by atoms with Crippen molar-refractivity contribution in [2.75, 3.05) is 13.1 Å². The molecule has 0 aliphatic carbocycles. The van der Waals surface area contributed by atoms with Gasteiger partial charge >= 0.3 is 14.5 Å². The van der Waals surface area contributed by atoms with Crippen molar-refractivity contribution < 1.29 is 70.9 Å². The second kappa shape index (κ2) is 17.5. The molecular weight excluding hydrogens is 593 g/mol. The average Bonchev–Trinajstić information content (AvgIpc) is 3.30. The van der Waals surface area contributed by atoms with E-state index in [0.717, 1.165) is 11.4 Å². The van der Waals surface area contributed by atoms with E-state index in [1.165, 1.54) is 0 Å². The Labute approximate surface area is 232 Å². The Morgan fingerprint density at radius 2 is 0.974 bits per heavy atom. The second-order valence-electron chi connectivity index (χ2n) is 8.46. The van der Waals surface area contributed by atoms with Crippen molar-refractivity contribution >= 4 is 25.9 Å². The van der Waals surface area contributed by atoms with Gasteiger partial charge in [-0.1, -0.05) is 0 Å². The number of rotatable bonds is 9. The van der Waals surface area contributed by atoms with Gasteiger partial charge in [-0.25, -0.2) is 18.3 Å². The number of aryl methyl sites for hydroxylation is 2. The van der Waals surface area contributed by atoms with Crippen LogP contribution >= 0.6 is 0 Å². The Morgan fingerprint density at radius 1 is 0.718 bits per heavy atom. The Balaban J connectivity index is 0. The summed E-state index contributed by atoms with van der Waals surface area (Å²) in [6, 6.07) is -0.396. The van der Waals surface area contributed by atoms with Crippen molar-refractivity contribution in [2.24, 2.45) is 24.1 Å². The molecule has 2 heterocycles. The Hall–Kier alpha value is -2.23. The van der Waals surface area contributed by atoms with Crippen molar-refractivity contribution in [1.29, 1.82) is 0 Å². The molecule has 39 heavy (non-hydrogen) atoms. The van der Waals surface area contributed by atoms with Gasteiger partial charge in [0.25, 0.3) is 0 Å². The van der Waals surface area contributed by atoms with E-state index in [1.54, 1.807) is 13.8 Å². The molecule has 4 atom stereocenters. The summed E-state index contributed by atoms with van der Waals surface area (Å²) in [6.45, 7) is 8.49. The van der Waals surface area contributed by atoms with Gasteiger partial charge in [-0.2, -0.15) is 0 Å². The van der Waals surface area contributed by atoms with Crippen LogP contribution in [0.4, 0.5) is 34.5 Å². The second-order valence-corrected chi connectivity index (χ2v) is 8.46. The van der Waals surface area contributed by atoms with Gasteiger partial charge in [0.05, 0.1) is 50.8 Å². The molecular formula is C20H34B2CuF8N6O2. The molecule has 0 saturated carbocycles. The molecule has 0 aliphatic heterocycles. The molecule has 229 valence electrons. The van der Waals surface area contributed by atoms with Crippen molar-refractivity contribution in [2.45, 2.75) is 52.0 Å². The number of imidazole rings is 2. The van der Waals surface area contributed by atoms with Crippen molar-refractivity contribution in [3.63, 3.8) is 0 Å². The molecule has 1 radical (unpaired) electrons. The van der Waals surface area contributed by atoms with E-state index in [0.29, 0.717) is 13.1 Å². The summed E-state index contributed by atoms with van der Waals surface area (Å²) in [6.07, 6.45) is 10.5. The fraction of sp³-hybridized carbons (Fsp3) is 0.600. The standard InChI is InChI=1S/C20H34N6O2.2BF4.Cu/c1-15(19(17(3)27)25-11-9-23(5)13-25)21-7-8-22-16(2)20(18(4)28)26-12-10-24(6)14-26;2*2-1(3,4)5;/h9-14,17-20,27-28H,7-8H2,1-6H3;;;/q+2;2*-1;. The maximum absolute atomic E-state index is 10.2. The first-order valence-corrected chi connectivity index (χ1v) is 11.4. The van der Waals surface area contributed by atoms with E-state index in [9.17, 15) is 44.7 Å². The van der Waals surface area contributed by atoms with Crippen LogP contribution in [-0.2, 0) is 31.2 Å². The van der Waals surface area contributed by atoms with Crippen molar-refractivity contribution in [3.8, 4) is 0 Å². The molecule has 2 rings (SSSR count). The van der Waals surface area contributed by atoms with Gasteiger partial charge in [0.1, 0.15) is 24.8 Å². The number of aromatic nitrogens is 4. The summed E-state index contributed by atoms with van der Waals surface area (Å²) in [5.74, 6) is 0. The predicted molar refractivity (Wildman–Crippen MR) is 129 cm³/mol. The number of hydrogen-bond donors (Lipinski definition) is 2. The molecule has 0 aliphatic rings. The van der Waals surface area contributed by atoms with Gasteiger partial charge < -0.3 is 44.7 Å². The average molecular weight is 628 g/mol. The first kappa shape index (κ1) is 38.9. The van der Waals surface area contributed by atoms with Crippen molar-refractivity contribution in [1.82, 2.24) is 9.13 Å². The summed E-state index contributed by atoms with van der Waals surface area (Å²) in [4.78, 5) is 9.26. The van der Waals surface area contributed by atoms with Gasteiger partial charge in [-0.3, -0.25) is 9.98 Å². The number of halogens is 8. The number of aliphatic hydroxyl groups is 2. The van der Waals surface area contributed by atoms with E-state index in [1.807, 2.05) is 83.7 Å². The maximum atomic E-state index is 10.2. The van der Waals surface area contributed by atoms with Gasteiger partial charge in [-0.15, -0.1) is 0 Å². The van der Waals surface area contributed by atoms with Crippen LogP contribution in [0.25, 0.3) is 0 Å². The summed E-state index contributed by atoms with van der Waals surface area (Å²) in [5, 5.41) is 20.4. The van der Waals surface area contributed by atoms with Gasteiger partial charge in [0, 0.05) is 17.1 Å². The van der Waals surface area contributed by atoms with E-state index < -0.39 is 26.7 Å². The summed E-state index contributed by atoms with van der Waals surface area (Å²) in [7, 11) is -8.11. The fourth-order valence-corrected chi connectivity index (χ4v) is 3.54. The molecule has 0 aromatic carbocycles. The Bertz CT molecular complexity index is 936. The zero-order valence-corrected chi connectivity index (χ0v) is 23.2. The summed E-state index contributed by atoms with van der Waals surface area (Å²) >= 11 is 0. The fourth-order valence-electron chi connectivity index (χ4n) is 3.54. The zero-order chi connectivity index (χ0) is 29.8. The molecule has 2 aromatic heterocycles. The molecule has 0 bridgehead atoms. The van der Waals surface area contributed by atoms with Crippen LogP contribution in [0.15, 0.2) is 47.4 Å². The van der Waals surface area contributed by atoms with E-state index >= 15 is 0 Å². The van der Waals surface area contributed by atoms with Gasteiger partial charge in [0.15, 0.2) is 12.1 Å². The molecule has 0 saturated heterocycles. The number of hydrogen-bond acceptors (Lipinski definition) is 4. The molecule has 2 N–H and O–H groups in total. The molecule has 2 aromatic rings. The smallest absolute Gasteiger partial charge is 0.418 e. The number of aliphatic imine (C=N–C) groups is 2. The third-order valence-corrected chi connectivity index (χ3v) is 4.81. The normalized spacial score (nSPS) is 15.6. The monoisotopic (exact) mass is 627 g/mol. The topological polar surface area (TPSA) is 82.8 Å². The minimum Gasteiger partial charge on any atom is -0.418 e. The SMILES string of the molecule is CC(=NCCN=C(C)C(C(C)O)n1cc[n+](C)c1)C(C(C)O)n1cc[n+](C)c1.F[B-](F)(F)F.F[B-](F)(F)F.[Cu]. The molecule has 0 spiro atoms. The van der Waals surface area contributed by atoms with E-state index in [-0.39, 0.29) is 29.2 Å². The minimum absolute atomic E-state index is 0. The van der Waals surface area contributed by atoms with Crippen LogP contribution in [0, 0.1) is 0 Å². The van der Waals surface area contributed by atoms with Crippen LogP contribution < -0.4 is 9.13 Å². The Kier molecular flexibility index (Phi) is 17.4. The van der Waals surface area contributed by atoms with E-state index in [2.05, 4.69) is 9.98 Å². The maximum Gasteiger partial charge on any atom is 0.673 e. The van der Waals surface area contributed by atoms with Crippen LogP contribution in [-0.4, -0.2) is 70.6 Å². The molecule has 8 nitrogen and oxygen atoms in total. The number of aliphatic hydroxyl groups excluding tert-OH is 2. The third kappa shape index (κ3) is 18.6. The molecule has 19 heteroatoms. The van der Waals surface area contributed by atoms with Gasteiger partial charge in [0.2, 0.25) is 12.7 Å². The predicted octanol–water partition coefficient (Wildman–Crippen LogP) is 3.00. The quantitative estimate of drug-likeness (QED) is 0.147. The first-order valence-electron chi connectivity index (χ1n) is 11.4. The molecule has 0 amide bonds. The molecule has 4 unspecified atom stereocenters. The van der Waals surface area contributed by atoms with Crippen molar-refractivity contribution in [3.05, 3.63) is 37.4 Å². The first-order chi connectivity index (χ1) is 17.2. The Morgan fingerprint density at radius 3 is 1.15 bits per heavy atom. The third-order valence-electron chi connectivity index (χ3n) is 4.81. The van der Waals surface area contributed by atoms with Crippen LogP contribution in [0.2, 0.25) is 0 Å². The van der Waals surface area contributed by atoms with Crippen LogP contribution in [0.3, 0.4) is 0 Å². The zero-order valence-electron chi connectivity index (χ0n) is 22.2. The van der Waals surface area contributed by atoms with Crippen LogP contribution in [0.1, 0.15) is 39.8 Å². The molecule has 0 fully saturated rings.